The molecule has 0 unspecified atom stereocenters. The van der Waals surface area contributed by atoms with Gasteiger partial charge < -0.3 is 22.5 Å². The zero-order chi connectivity index (χ0) is 94.3. The van der Waals surface area contributed by atoms with Gasteiger partial charge in [-0.25, -0.2) is 0 Å². The van der Waals surface area contributed by atoms with Crippen molar-refractivity contribution in [3.63, 3.8) is 0 Å². The highest BCUT2D eigenvalue weighted by atomic mass is 16.3. The fourth-order valence-electron chi connectivity index (χ4n) is 22.1. The maximum atomic E-state index is 11.8. The number of fused-ring (bicyclic) bond motifs is 15. The molecule has 10 heteroatoms. The number of hydrogen-bond acceptors (Lipinski definition) is 7. The van der Waals surface area contributed by atoms with E-state index in [2.05, 4.69) is 366 Å². The first kappa shape index (κ1) is 82.9. The van der Waals surface area contributed by atoms with E-state index in [-0.39, 0.29) is 16.7 Å². The Kier molecular flexibility index (Phi) is 20.3. The van der Waals surface area contributed by atoms with Crippen LogP contribution in [0.5, 0.6) is 0 Å². The quantitative estimate of drug-likeness (QED) is 0.105. The van der Waals surface area contributed by atoms with E-state index in [4.69, 9.17) is 8.83 Å². The number of hydrogen-bond donors (Lipinski definition) is 0. The van der Waals surface area contributed by atoms with Crippen LogP contribution < -0.4 is 0 Å². The molecule has 0 aliphatic rings. The van der Waals surface area contributed by atoms with Crippen LogP contribution in [0.15, 0.2) is 470 Å². The number of nitriles is 5. The molecule has 26 rings (SSSR count). The van der Waals surface area contributed by atoms with Gasteiger partial charge in [0.1, 0.15) is 34.5 Å². The maximum Gasteiger partial charge on any atom is 0.156 e. The summed E-state index contributed by atoms with van der Waals surface area (Å²) in [4.78, 5) is 0. The van der Waals surface area contributed by atoms with E-state index < -0.39 is 0 Å². The van der Waals surface area contributed by atoms with Gasteiger partial charge in [0.25, 0.3) is 0 Å². The smallest absolute Gasteiger partial charge is 0.156 e. The van der Waals surface area contributed by atoms with E-state index >= 15 is 0 Å². The third-order valence-corrected chi connectivity index (χ3v) is 27.7. The molecule has 0 radical (unpaired) electrons. The molecule has 21 aromatic carbocycles. The Bertz CT molecular complexity index is 9610. The first-order valence-corrected chi connectivity index (χ1v) is 46.9. The number of nitrogens with zero attached hydrogens (tertiary/aromatic N) is 8. The topological polar surface area (TPSA) is 160 Å². The van der Waals surface area contributed by atoms with Gasteiger partial charge in [-0.05, 0) is 115 Å². The molecule has 0 spiro atoms. The fraction of sp³-hybridized carbons (Fsp3) is 0. The lowest BCUT2D eigenvalue weighted by Crippen LogP contribution is -2.09. The lowest BCUT2D eigenvalue weighted by molar-refractivity contribution is 0.668. The van der Waals surface area contributed by atoms with Gasteiger partial charge in [-0.3, -0.25) is 0 Å². The van der Waals surface area contributed by atoms with Crippen molar-refractivity contribution >= 4 is 109 Å². The number of para-hydroxylation sites is 6. The maximum absolute atomic E-state index is 11.8. The van der Waals surface area contributed by atoms with E-state index in [1.54, 1.807) is 12.1 Å². The standard InChI is InChI=1S/C75H43N5O.C56H33N3O/c76-44-47-42-53(45-77)63(54(43-47)46-78)69-68(52-32-14-5-15-33-52)75-71(73(80-61-40-22-18-36-57(61)58-37-19-23-41-62(58)80)72(69)79-59-38-20-16-34-55(59)56-35-17-21-39-60(56)79)70-66(50-28-10-3-11-29-50)64(48-24-6-1-7-25-48)65(49-26-8-2-9-27-49)67(74(70)81-75)51-30-12-4-13-31-51;57-34-43-47(36-20-6-1-7-21-36)54(59-45-32-18-16-30-41(45)42-31-17-19-33-46(42)59)44(35-58)55-52(43)53-50(39-26-12-4-13-27-39)48(37-22-8-2-9-23-37)49(38-24-10-3-11-25-38)51(56(53)60-55)40-28-14-5-15-29-40/h1-43H;1-33H. The van der Waals surface area contributed by atoms with Gasteiger partial charge in [0, 0.05) is 104 Å². The van der Waals surface area contributed by atoms with Gasteiger partial charge in [-0.1, -0.05) is 413 Å². The first-order chi connectivity index (χ1) is 69.9. The van der Waals surface area contributed by atoms with Crippen LogP contribution in [0, 0.1) is 56.7 Å². The summed E-state index contributed by atoms with van der Waals surface area (Å²) in [5.41, 5.74) is 31.0. The second-order valence-electron chi connectivity index (χ2n) is 35.2. The molecule has 26 aromatic rings. The van der Waals surface area contributed by atoms with Gasteiger partial charge in [-0.2, -0.15) is 26.3 Å². The number of rotatable bonds is 14. The van der Waals surface area contributed by atoms with Gasteiger partial charge in [0.05, 0.1) is 96.0 Å². The fourth-order valence-corrected chi connectivity index (χ4v) is 22.1. The van der Waals surface area contributed by atoms with Crippen molar-refractivity contribution in [2.24, 2.45) is 0 Å². The summed E-state index contributed by atoms with van der Waals surface area (Å²) in [5.74, 6) is 0. The number of benzene rings is 21. The zero-order valence-corrected chi connectivity index (χ0v) is 75.8. The van der Waals surface area contributed by atoms with Crippen molar-refractivity contribution < 1.29 is 8.83 Å². The van der Waals surface area contributed by atoms with Crippen molar-refractivity contribution in [2.75, 3.05) is 0 Å². The predicted octanol–water partition coefficient (Wildman–Crippen LogP) is 34.2. The van der Waals surface area contributed by atoms with Gasteiger partial charge in [-0.15, -0.1) is 0 Å². The van der Waals surface area contributed by atoms with Crippen LogP contribution >= 0.6 is 0 Å². The molecule has 0 fully saturated rings. The van der Waals surface area contributed by atoms with Crippen LogP contribution in [0.4, 0.5) is 0 Å². The lowest BCUT2D eigenvalue weighted by Gasteiger charge is -2.26. The molecule has 0 N–H and O–H groups in total. The van der Waals surface area contributed by atoms with E-state index in [1.807, 2.05) is 127 Å². The van der Waals surface area contributed by atoms with Crippen LogP contribution in [0.1, 0.15) is 27.8 Å². The minimum atomic E-state index is 0.182. The Morgan fingerprint density at radius 2 is 0.390 bits per heavy atom. The van der Waals surface area contributed by atoms with Crippen LogP contribution in [-0.2, 0) is 0 Å². The van der Waals surface area contributed by atoms with Gasteiger partial charge in [0.2, 0.25) is 0 Å². The highest BCUT2D eigenvalue weighted by Gasteiger charge is 2.40. The molecule has 0 atom stereocenters. The average Bonchev–Trinajstić information content (AvgIpc) is 1.51. The van der Waals surface area contributed by atoms with Crippen molar-refractivity contribution in [1.29, 1.82) is 26.3 Å². The largest absolute Gasteiger partial charge is 0.455 e. The van der Waals surface area contributed by atoms with Crippen molar-refractivity contribution in [3.05, 3.63) is 489 Å². The summed E-state index contributed by atoms with van der Waals surface area (Å²) < 4.78 is 22.4. The molecule has 5 aromatic heterocycles. The van der Waals surface area contributed by atoms with Gasteiger partial charge >= 0.3 is 0 Å². The molecule has 0 saturated heterocycles. The molecule has 5 heterocycles. The SMILES string of the molecule is N#Cc1c(-n2c3ccccc3c3ccccc32)c(-c2ccccc2)c(C#N)c2c1oc1c(-c3ccccc3)c(-c3ccccc3)c(-c3ccccc3)c(-c3ccccc3)c12.N#Cc1cc(C#N)c(-c2c(-n3c4ccccc4c4ccccc43)c(-n3c4ccccc4c4ccccc43)c3c(oc4c(-c5ccccc5)c(-c5ccccc5)c(-c5ccccc5)c(-c5ccccc5)c43)c2-c2ccccc2)c(C#N)c1. The molecular formula is C131H76N8O2. The number of aromatic nitrogens is 3. The molecule has 652 valence electrons. The Morgan fingerprint density at radius 1 is 0.163 bits per heavy atom. The summed E-state index contributed by atoms with van der Waals surface area (Å²) in [7, 11) is 0. The van der Waals surface area contributed by atoms with Crippen molar-refractivity contribution in [2.45, 2.75) is 0 Å². The molecule has 0 aliphatic carbocycles. The predicted molar refractivity (Wildman–Crippen MR) is 574 cm³/mol. The molecule has 10 nitrogen and oxygen atoms in total. The monoisotopic (exact) mass is 1790 g/mol. The van der Waals surface area contributed by atoms with E-state index in [0.717, 1.165) is 193 Å². The van der Waals surface area contributed by atoms with E-state index in [9.17, 15) is 26.3 Å². The van der Waals surface area contributed by atoms with Crippen LogP contribution in [0.2, 0.25) is 0 Å². The zero-order valence-electron chi connectivity index (χ0n) is 75.8. The summed E-state index contributed by atoms with van der Waals surface area (Å²) in [6, 6.07) is 171. The van der Waals surface area contributed by atoms with Crippen molar-refractivity contribution in [1.82, 2.24) is 13.7 Å². The molecule has 0 bridgehead atoms. The summed E-state index contributed by atoms with van der Waals surface area (Å²) in [5, 5.41) is 66.6. The highest BCUT2D eigenvalue weighted by Crippen LogP contribution is 2.62. The minimum absolute atomic E-state index is 0.182. The Morgan fingerprint density at radius 3 is 0.681 bits per heavy atom. The molecule has 0 saturated carbocycles. The third kappa shape index (κ3) is 13.2. The van der Waals surface area contributed by atoms with E-state index in [0.29, 0.717) is 66.8 Å². The number of furan rings is 2. The Balaban J connectivity index is 0.000000155. The second kappa shape index (κ2) is 34.5. The summed E-state index contributed by atoms with van der Waals surface area (Å²) in [6.45, 7) is 0. The molecule has 0 aliphatic heterocycles. The van der Waals surface area contributed by atoms with Crippen LogP contribution in [0.25, 0.3) is 249 Å². The third-order valence-electron chi connectivity index (χ3n) is 27.7. The second-order valence-corrected chi connectivity index (χ2v) is 35.2. The summed E-state index contributed by atoms with van der Waals surface area (Å²) >= 11 is 0. The summed E-state index contributed by atoms with van der Waals surface area (Å²) in [6.07, 6.45) is 0. The first-order valence-electron chi connectivity index (χ1n) is 46.9. The van der Waals surface area contributed by atoms with Crippen molar-refractivity contribution in [3.8, 4) is 170 Å². The molecular weight excluding hydrogens is 1720 g/mol. The molecule has 141 heavy (non-hydrogen) atoms. The minimum Gasteiger partial charge on any atom is -0.455 e. The van der Waals surface area contributed by atoms with Gasteiger partial charge in [0.15, 0.2) is 5.58 Å². The van der Waals surface area contributed by atoms with E-state index in [1.165, 1.54) is 0 Å². The normalized spacial score (nSPS) is 11.4. The lowest BCUT2D eigenvalue weighted by atomic mass is 9.79. The Hall–Kier alpha value is -19.9. The Labute approximate surface area is 811 Å². The highest BCUT2D eigenvalue weighted by molar-refractivity contribution is 6.32. The van der Waals surface area contributed by atoms with Crippen LogP contribution in [0.3, 0.4) is 0 Å². The average molecular weight is 1790 g/mol. The van der Waals surface area contributed by atoms with Crippen LogP contribution in [-0.4, -0.2) is 13.7 Å². The molecule has 0 amide bonds.